The molecule has 76 heavy (non-hydrogen) atoms. The van der Waals surface area contributed by atoms with Crippen molar-refractivity contribution in [3.8, 4) is 0 Å². The van der Waals surface area contributed by atoms with E-state index in [4.69, 9.17) is 19.9 Å². The van der Waals surface area contributed by atoms with E-state index >= 15 is 0 Å². The summed E-state index contributed by atoms with van der Waals surface area (Å²) < 4.78 is 0. The molecule has 8 nitrogen and oxygen atoms in total. The van der Waals surface area contributed by atoms with Gasteiger partial charge in [-0.1, -0.05) is 137 Å². The van der Waals surface area contributed by atoms with Gasteiger partial charge in [-0.2, -0.15) is 0 Å². The van der Waals surface area contributed by atoms with E-state index in [1.165, 1.54) is 22.3 Å². The highest BCUT2D eigenvalue weighted by atomic mass is 15.2. The molecule has 8 heteroatoms. The molecule has 3 aromatic heterocycles. The molecule has 0 N–H and O–H groups in total. The predicted molar refractivity (Wildman–Crippen MR) is 313 cm³/mol. The lowest BCUT2D eigenvalue weighted by atomic mass is 9.73. The SMILES string of the molecule is CC1(C)c2ccccc2N(c2cnc3c(c2)c2nccnc2c2cc(N4c5ccccc5C(C)(C)c5cc(N(c6ccccc6)c6ccccc6)ccc54)cnc23)c2ccc(N(c3ccccc3)c3ccccc3)cc21. The monoisotopic (exact) mass is 980 g/mol. The summed E-state index contributed by atoms with van der Waals surface area (Å²) in [5.41, 5.74) is 20.1. The summed E-state index contributed by atoms with van der Waals surface area (Å²) >= 11 is 0. The van der Waals surface area contributed by atoms with Gasteiger partial charge < -0.3 is 19.6 Å². The van der Waals surface area contributed by atoms with E-state index in [1.807, 2.05) is 12.4 Å². The number of anilines is 12. The highest BCUT2D eigenvalue weighted by molar-refractivity contribution is 6.21. The molecular weight excluding hydrogens is 929 g/mol. The summed E-state index contributed by atoms with van der Waals surface area (Å²) in [6.07, 6.45) is 7.56. The van der Waals surface area contributed by atoms with Crippen LogP contribution in [-0.2, 0) is 10.8 Å². The van der Waals surface area contributed by atoms with E-state index in [2.05, 4.69) is 266 Å². The zero-order valence-corrected chi connectivity index (χ0v) is 42.7. The third-order valence-electron chi connectivity index (χ3n) is 15.7. The van der Waals surface area contributed by atoms with Gasteiger partial charge in [0.2, 0.25) is 0 Å². The molecule has 0 saturated carbocycles. The van der Waals surface area contributed by atoms with Crippen LogP contribution >= 0.6 is 0 Å². The smallest absolute Gasteiger partial charge is 0.0989 e. The number of nitrogens with zero attached hydrogens (tertiary/aromatic N) is 8. The third kappa shape index (κ3) is 7.05. The Morgan fingerprint density at radius 2 is 0.618 bits per heavy atom. The van der Waals surface area contributed by atoms with E-state index in [0.29, 0.717) is 0 Å². The molecule has 0 saturated heterocycles. The van der Waals surface area contributed by atoms with Crippen molar-refractivity contribution in [2.45, 2.75) is 38.5 Å². The normalized spacial score (nSPS) is 13.9. The van der Waals surface area contributed by atoms with Crippen molar-refractivity contribution < 1.29 is 0 Å². The molecule has 14 rings (SSSR count). The van der Waals surface area contributed by atoms with Gasteiger partial charge in [-0.25, -0.2) is 0 Å². The lowest BCUT2D eigenvalue weighted by Crippen LogP contribution is -2.31. The van der Waals surface area contributed by atoms with E-state index in [-0.39, 0.29) is 10.8 Å². The van der Waals surface area contributed by atoms with Crippen LogP contribution in [0.5, 0.6) is 0 Å². The average Bonchev–Trinajstić information content (AvgIpc) is 3.50. The molecule has 0 unspecified atom stereocenters. The summed E-state index contributed by atoms with van der Waals surface area (Å²) in [5, 5.41) is 1.77. The Labute approximate surface area is 442 Å². The van der Waals surface area contributed by atoms with Crippen LogP contribution in [0.4, 0.5) is 68.2 Å². The van der Waals surface area contributed by atoms with Crippen molar-refractivity contribution in [2.75, 3.05) is 19.6 Å². The fourth-order valence-corrected chi connectivity index (χ4v) is 12.0. The van der Waals surface area contributed by atoms with Crippen LogP contribution in [-0.4, -0.2) is 19.9 Å². The number of benzene rings is 9. The van der Waals surface area contributed by atoms with Crippen molar-refractivity contribution in [3.63, 3.8) is 0 Å². The molecule has 2 aliphatic rings. The number of hydrogen-bond donors (Lipinski definition) is 0. The Bertz CT molecular complexity index is 3830. The van der Waals surface area contributed by atoms with Crippen molar-refractivity contribution in [1.82, 2.24) is 19.9 Å². The van der Waals surface area contributed by atoms with Gasteiger partial charge >= 0.3 is 0 Å². The van der Waals surface area contributed by atoms with Crippen molar-refractivity contribution in [3.05, 3.63) is 265 Å². The number of para-hydroxylation sites is 6. The summed E-state index contributed by atoms with van der Waals surface area (Å²) in [5.74, 6) is 0. The summed E-state index contributed by atoms with van der Waals surface area (Å²) in [7, 11) is 0. The molecule has 0 amide bonds. The molecular formula is C68H52N8. The number of hydrogen-bond acceptors (Lipinski definition) is 8. The topological polar surface area (TPSA) is 64.5 Å². The minimum atomic E-state index is -0.324. The first-order valence-electron chi connectivity index (χ1n) is 25.9. The van der Waals surface area contributed by atoms with Gasteiger partial charge in [0.25, 0.3) is 0 Å². The molecule has 0 radical (unpaired) electrons. The van der Waals surface area contributed by atoms with Gasteiger partial charge in [0, 0.05) is 68.1 Å². The first-order chi connectivity index (χ1) is 37.2. The molecule has 0 spiro atoms. The highest BCUT2D eigenvalue weighted by Gasteiger charge is 2.40. The molecule has 12 aromatic rings. The molecule has 0 bridgehead atoms. The molecule has 0 atom stereocenters. The highest BCUT2D eigenvalue weighted by Crippen LogP contribution is 2.56. The molecule has 0 aliphatic carbocycles. The van der Waals surface area contributed by atoms with Crippen LogP contribution in [0.2, 0.25) is 0 Å². The van der Waals surface area contributed by atoms with Crippen molar-refractivity contribution >= 4 is 101 Å². The van der Waals surface area contributed by atoms with Gasteiger partial charge in [0.15, 0.2) is 0 Å². The lowest BCUT2D eigenvalue weighted by Gasteiger charge is -2.42. The third-order valence-corrected chi connectivity index (χ3v) is 15.7. The van der Waals surface area contributed by atoms with Gasteiger partial charge in [-0.15, -0.1) is 0 Å². The average molecular weight is 981 g/mol. The quantitative estimate of drug-likeness (QED) is 0.140. The van der Waals surface area contributed by atoms with Gasteiger partial charge in [0.1, 0.15) is 0 Å². The number of pyridine rings is 2. The van der Waals surface area contributed by atoms with Crippen LogP contribution in [0, 0.1) is 0 Å². The van der Waals surface area contributed by atoms with Crippen LogP contribution in [0.15, 0.2) is 243 Å². The second-order valence-corrected chi connectivity index (χ2v) is 20.8. The number of rotatable bonds is 8. The first-order valence-corrected chi connectivity index (χ1v) is 25.9. The van der Waals surface area contributed by atoms with Gasteiger partial charge in [0.05, 0.1) is 68.6 Å². The van der Waals surface area contributed by atoms with E-state index in [1.54, 1.807) is 12.4 Å². The predicted octanol–water partition coefficient (Wildman–Crippen LogP) is 17.9. The molecule has 2 aliphatic heterocycles. The fourth-order valence-electron chi connectivity index (χ4n) is 12.0. The fraction of sp³-hybridized carbons (Fsp3) is 0.0882. The molecule has 0 fully saturated rings. The summed E-state index contributed by atoms with van der Waals surface area (Å²) in [6, 6.07) is 78.1. The Balaban J connectivity index is 0.914. The second kappa shape index (κ2) is 17.5. The minimum Gasteiger partial charge on any atom is -0.310 e. The minimum absolute atomic E-state index is 0.324. The largest absolute Gasteiger partial charge is 0.310 e. The zero-order chi connectivity index (χ0) is 51.1. The number of fused-ring (bicyclic) bond motifs is 10. The Hall–Kier alpha value is -9.66. The zero-order valence-electron chi connectivity index (χ0n) is 42.7. The van der Waals surface area contributed by atoms with Crippen LogP contribution in [0.25, 0.3) is 32.8 Å². The Morgan fingerprint density at radius 3 is 0.987 bits per heavy atom. The molecule has 9 aromatic carbocycles. The molecule has 5 heterocycles. The standard InChI is InChI=1S/C68H52N8/c1-67(2)55-29-17-19-31-59(55)75(61-35-33-49(41-57(61)67)73(45-21-9-5-10-22-45)46-23-11-6-12-24-46)51-39-53-63-64(70-38-37-69-63)54-40-52(44-72-66(54)65(53)71-43-51)76-60-32-20-18-30-56(60)68(3,4)58-42-50(34-36-62(58)76)74(47-25-13-7-14-26-47)48-27-15-8-16-28-48/h5-44H,1-4H3. The van der Waals surface area contributed by atoms with E-state index < -0.39 is 0 Å². The van der Waals surface area contributed by atoms with Crippen molar-refractivity contribution in [2.24, 2.45) is 0 Å². The van der Waals surface area contributed by atoms with Gasteiger partial charge in [-0.3, -0.25) is 19.9 Å². The van der Waals surface area contributed by atoms with Gasteiger partial charge in [-0.05, 0) is 131 Å². The van der Waals surface area contributed by atoms with Crippen molar-refractivity contribution in [1.29, 1.82) is 0 Å². The maximum Gasteiger partial charge on any atom is 0.0989 e. The van der Waals surface area contributed by atoms with E-state index in [0.717, 1.165) is 101 Å². The lowest BCUT2D eigenvalue weighted by molar-refractivity contribution is 0.632. The molecule has 364 valence electrons. The van der Waals surface area contributed by atoms with Crippen LogP contribution in [0.3, 0.4) is 0 Å². The summed E-state index contributed by atoms with van der Waals surface area (Å²) in [4.78, 5) is 30.3. The summed E-state index contributed by atoms with van der Waals surface area (Å²) in [6.45, 7) is 9.33. The maximum atomic E-state index is 5.35. The first kappa shape index (κ1) is 45.0. The van der Waals surface area contributed by atoms with E-state index in [9.17, 15) is 0 Å². The number of aromatic nitrogens is 4. The Morgan fingerprint density at radius 1 is 0.303 bits per heavy atom. The second-order valence-electron chi connectivity index (χ2n) is 20.8. The Kier molecular flexibility index (Phi) is 10.4. The van der Waals surface area contributed by atoms with Crippen LogP contribution in [0.1, 0.15) is 49.9 Å². The van der Waals surface area contributed by atoms with Crippen LogP contribution < -0.4 is 19.6 Å². The maximum absolute atomic E-state index is 5.35.